The van der Waals surface area contributed by atoms with E-state index in [0.717, 1.165) is 5.56 Å². The van der Waals surface area contributed by atoms with Gasteiger partial charge in [-0.3, -0.25) is 4.79 Å². The standard InChI is InChI=1S/C14H22N2O2/c1-8(2)7-11(15)14(18)16-12-6-5-9(3)13(17)10(12)4/h5-6,8,11,17H,7,15H2,1-4H3,(H,16,18). The normalized spacial score (nSPS) is 12.6. The van der Waals surface area contributed by atoms with Crippen LogP contribution in [0.25, 0.3) is 0 Å². The van der Waals surface area contributed by atoms with Crippen molar-refractivity contribution in [3.05, 3.63) is 23.3 Å². The molecule has 1 amide bonds. The lowest BCUT2D eigenvalue weighted by atomic mass is 10.0. The van der Waals surface area contributed by atoms with Crippen molar-refractivity contribution < 1.29 is 9.90 Å². The van der Waals surface area contributed by atoms with E-state index in [1.807, 2.05) is 20.8 Å². The van der Waals surface area contributed by atoms with Gasteiger partial charge in [0.15, 0.2) is 0 Å². The van der Waals surface area contributed by atoms with E-state index in [-0.39, 0.29) is 11.7 Å². The number of phenolic OH excluding ortho intramolecular Hbond substituents is 1. The van der Waals surface area contributed by atoms with Crippen LogP contribution >= 0.6 is 0 Å². The summed E-state index contributed by atoms with van der Waals surface area (Å²) < 4.78 is 0. The average Bonchev–Trinajstić information content (AvgIpc) is 2.29. The van der Waals surface area contributed by atoms with E-state index in [2.05, 4.69) is 5.32 Å². The maximum atomic E-state index is 11.9. The zero-order chi connectivity index (χ0) is 13.9. The molecule has 0 aliphatic heterocycles. The van der Waals surface area contributed by atoms with Gasteiger partial charge in [-0.2, -0.15) is 0 Å². The van der Waals surface area contributed by atoms with Gasteiger partial charge in [0.1, 0.15) is 5.75 Å². The van der Waals surface area contributed by atoms with Crippen LogP contribution in [0.4, 0.5) is 5.69 Å². The van der Waals surface area contributed by atoms with Crippen molar-refractivity contribution in [3.63, 3.8) is 0 Å². The highest BCUT2D eigenvalue weighted by Gasteiger charge is 2.16. The van der Waals surface area contributed by atoms with Gasteiger partial charge in [-0.1, -0.05) is 19.9 Å². The zero-order valence-electron chi connectivity index (χ0n) is 11.4. The molecular formula is C14H22N2O2. The number of rotatable bonds is 4. The first kappa shape index (κ1) is 14.5. The number of benzene rings is 1. The van der Waals surface area contributed by atoms with Crippen molar-refractivity contribution in [2.45, 2.75) is 40.2 Å². The number of aromatic hydroxyl groups is 1. The maximum absolute atomic E-state index is 11.9. The number of nitrogens with two attached hydrogens (primary N) is 1. The number of anilines is 1. The minimum absolute atomic E-state index is 0.213. The highest BCUT2D eigenvalue weighted by Crippen LogP contribution is 2.28. The molecule has 0 fully saturated rings. The first-order valence-electron chi connectivity index (χ1n) is 6.18. The first-order chi connectivity index (χ1) is 8.32. The smallest absolute Gasteiger partial charge is 0.241 e. The lowest BCUT2D eigenvalue weighted by Crippen LogP contribution is -2.36. The lowest BCUT2D eigenvalue weighted by molar-refractivity contribution is -0.117. The third kappa shape index (κ3) is 3.47. The molecule has 0 aliphatic carbocycles. The summed E-state index contributed by atoms with van der Waals surface area (Å²) >= 11 is 0. The Kier molecular flexibility index (Phi) is 4.73. The SMILES string of the molecule is Cc1ccc(NC(=O)C(N)CC(C)C)c(C)c1O. The van der Waals surface area contributed by atoms with Crippen LogP contribution in [0.3, 0.4) is 0 Å². The van der Waals surface area contributed by atoms with E-state index in [1.165, 1.54) is 0 Å². The minimum atomic E-state index is -0.521. The van der Waals surface area contributed by atoms with Gasteiger partial charge < -0.3 is 16.2 Å². The molecule has 0 heterocycles. The van der Waals surface area contributed by atoms with E-state index < -0.39 is 6.04 Å². The van der Waals surface area contributed by atoms with E-state index >= 15 is 0 Å². The van der Waals surface area contributed by atoms with Crippen molar-refractivity contribution in [2.75, 3.05) is 5.32 Å². The molecule has 1 aromatic rings. The maximum Gasteiger partial charge on any atom is 0.241 e. The number of aryl methyl sites for hydroxylation is 1. The molecule has 1 aromatic carbocycles. The van der Waals surface area contributed by atoms with Gasteiger partial charge in [0, 0.05) is 11.3 Å². The molecule has 1 atom stereocenters. The molecule has 1 unspecified atom stereocenters. The van der Waals surface area contributed by atoms with Crippen LogP contribution in [0.5, 0.6) is 5.75 Å². The van der Waals surface area contributed by atoms with E-state index in [4.69, 9.17) is 5.73 Å². The van der Waals surface area contributed by atoms with E-state index in [1.54, 1.807) is 19.1 Å². The molecule has 100 valence electrons. The van der Waals surface area contributed by atoms with Gasteiger partial charge in [0.25, 0.3) is 0 Å². The van der Waals surface area contributed by atoms with Gasteiger partial charge in [0.05, 0.1) is 6.04 Å². The van der Waals surface area contributed by atoms with Gasteiger partial charge in [-0.15, -0.1) is 0 Å². The zero-order valence-corrected chi connectivity index (χ0v) is 11.4. The lowest BCUT2D eigenvalue weighted by Gasteiger charge is -2.16. The van der Waals surface area contributed by atoms with Gasteiger partial charge in [-0.05, 0) is 37.8 Å². The van der Waals surface area contributed by atoms with Crippen LogP contribution in [-0.2, 0) is 4.79 Å². The molecule has 0 saturated carbocycles. The molecule has 0 spiro atoms. The summed E-state index contributed by atoms with van der Waals surface area (Å²) in [5, 5.41) is 12.6. The molecule has 0 aromatic heterocycles. The van der Waals surface area contributed by atoms with Crippen molar-refractivity contribution in [3.8, 4) is 5.75 Å². The Labute approximate surface area is 108 Å². The van der Waals surface area contributed by atoms with Gasteiger partial charge in [0.2, 0.25) is 5.91 Å². The Balaban J connectivity index is 2.79. The van der Waals surface area contributed by atoms with Gasteiger partial charge in [-0.25, -0.2) is 0 Å². The molecule has 4 nitrogen and oxygen atoms in total. The monoisotopic (exact) mass is 250 g/mol. The molecule has 0 saturated heterocycles. The second-order valence-corrected chi connectivity index (χ2v) is 5.13. The third-order valence-electron chi connectivity index (χ3n) is 2.95. The van der Waals surface area contributed by atoms with Crippen LogP contribution in [0, 0.1) is 19.8 Å². The summed E-state index contributed by atoms with van der Waals surface area (Å²) in [4.78, 5) is 11.9. The summed E-state index contributed by atoms with van der Waals surface area (Å²) in [6, 6.07) is 3.03. The van der Waals surface area contributed by atoms with Crippen molar-refractivity contribution in [1.82, 2.24) is 0 Å². The Bertz CT molecular complexity index is 442. The number of hydrogen-bond donors (Lipinski definition) is 3. The molecule has 1 rings (SSSR count). The largest absolute Gasteiger partial charge is 0.507 e. The average molecular weight is 250 g/mol. The molecule has 4 N–H and O–H groups in total. The third-order valence-corrected chi connectivity index (χ3v) is 2.95. The fraction of sp³-hybridized carbons (Fsp3) is 0.500. The van der Waals surface area contributed by atoms with Crippen molar-refractivity contribution in [1.29, 1.82) is 0 Å². The number of carbonyl (C=O) groups excluding carboxylic acids is 1. The summed E-state index contributed by atoms with van der Waals surface area (Å²) in [5.41, 5.74) is 7.88. The Hall–Kier alpha value is -1.55. The number of carbonyl (C=O) groups is 1. The Morgan fingerprint density at radius 2 is 2.00 bits per heavy atom. The molecule has 0 aliphatic rings. The highest BCUT2D eigenvalue weighted by atomic mass is 16.3. The molecular weight excluding hydrogens is 228 g/mol. The van der Waals surface area contributed by atoms with E-state index in [0.29, 0.717) is 23.6 Å². The molecule has 0 radical (unpaired) electrons. The summed E-state index contributed by atoms with van der Waals surface area (Å²) in [6.45, 7) is 7.64. The van der Waals surface area contributed by atoms with Crippen molar-refractivity contribution in [2.24, 2.45) is 11.7 Å². The van der Waals surface area contributed by atoms with Crippen LogP contribution in [0.2, 0.25) is 0 Å². The topological polar surface area (TPSA) is 75.4 Å². The Morgan fingerprint density at radius 3 is 2.56 bits per heavy atom. The van der Waals surface area contributed by atoms with Crippen LogP contribution in [0.15, 0.2) is 12.1 Å². The van der Waals surface area contributed by atoms with E-state index in [9.17, 15) is 9.90 Å². The summed E-state index contributed by atoms with van der Waals surface area (Å²) in [7, 11) is 0. The minimum Gasteiger partial charge on any atom is -0.507 e. The Morgan fingerprint density at radius 1 is 1.39 bits per heavy atom. The van der Waals surface area contributed by atoms with Crippen LogP contribution in [-0.4, -0.2) is 17.1 Å². The van der Waals surface area contributed by atoms with Crippen LogP contribution in [0.1, 0.15) is 31.4 Å². The number of hydrogen-bond acceptors (Lipinski definition) is 3. The molecule has 18 heavy (non-hydrogen) atoms. The first-order valence-corrected chi connectivity index (χ1v) is 6.18. The summed E-state index contributed by atoms with van der Waals surface area (Å²) in [5.74, 6) is 0.374. The number of amides is 1. The predicted octanol–water partition coefficient (Wildman–Crippen LogP) is 2.32. The fourth-order valence-corrected chi connectivity index (χ4v) is 1.81. The second kappa shape index (κ2) is 5.87. The van der Waals surface area contributed by atoms with Crippen molar-refractivity contribution >= 4 is 11.6 Å². The number of phenols is 1. The quantitative estimate of drug-likeness (QED) is 0.767. The molecule has 0 bridgehead atoms. The predicted molar refractivity (Wildman–Crippen MR) is 73.6 cm³/mol. The van der Waals surface area contributed by atoms with Gasteiger partial charge >= 0.3 is 0 Å². The fourth-order valence-electron chi connectivity index (χ4n) is 1.81. The molecule has 4 heteroatoms. The highest BCUT2D eigenvalue weighted by molar-refractivity contribution is 5.95. The summed E-state index contributed by atoms with van der Waals surface area (Å²) in [6.07, 6.45) is 0.642. The second-order valence-electron chi connectivity index (χ2n) is 5.13. The number of nitrogens with one attached hydrogen (secondary N) is 1. The van der Waals surface area contributed by atoms with Crippen LogP contribution < -0.4 is 11.1 Å².